The Labute approximate surface area is 185 Å². The minimum absolute atomic E-state index is 0.408. The van der Waals surface area contributed by atoms with Gasteiger partial charge in [-0.15, -0.1) is 0 Å². The second-order valence-corrected chi connectivity index (χ2v) is 9.31. The summed E-state index contributed by atoms with van der Waals surface area (Å²) in [6, 6.07) is 6.34. The molecule has 0 saturated carbocycles. The highest BCUT2D eigenvalue weighted by molar-refractivity contribution is 7.99. The molecule has 0 atom stereocenters. The Kier molecular flexibility index (Phi) is 5.45. The average Bonchev–Trinajstić information content (AvgIpc) is 3.29. The van der Waals surface area contributed by atoms with Gasteiger partial charge in [0.25, 0.3) is 0 Å². The van der Waals surface area contributed by atoms with Crippen molar-refractivity contribution in [1.82, 2.24) is 24.8 Å². The van der Waals surface area contributed by atoms with E-state index in [1.54, 1.807) is 18.0 Å². The highest BCUT2D eigenvalue weighted by Gasteiger charge is 2.22. The normalized spacial score (nSPS) is 14.1. The zero-order valence-electron chi connectivity index (χ0n) is 17.8. The summed E-state index contributed by atoms with van der Waals surface area (Å²) in [5.74, 6) is 1.01. The van der Waals surface area contributed by atoms with Gasteiger partial charge in [-0.05, 0) is 48.8 Å². The molecule has 0 unspecified atom stereocenters. The number of rotatable bonds is 8. The molecule has 0 radical (unpaired) electrons. The predicted octanol–water partition coefficient (Wildman–Crippen LogP) is 3.76. The largest absolute Gasteiger partial charge is 0.464 e. The molecular formula is C22H27N7OS. The number of nitrogens with two attached hydrogens (primary N) is 1. The van der Waals surface area contributed by atoms with Crippen LogP contribution in [0.2, 0.25) is 0 Å². The molecule has 0 amide bonds. The van der Waals surface area contributed by atoms with Crippen LogP contribution in [0.4, 0.5) is 11.5 Å². The summed E-state index contributed by atoms with van der Waals surface area (Å²) in [5, 5.41) is 5.49. The number of nitrogen functional groups attached to an aromatic ring is 1. The molecular weight excluding hydrogens is 410 g/mol. The van der Waals surface area contributed by atoms with Gasteiger partial charge in [0.2, 0.25) is 0 Å². The van der Waals surface area contributed by atoms with Crippen molar-refractivity contribution in [2.24, 2.45) is 5.92 Å². The summed E-state index contributed by atoms with van der Waals surface area (Å²) in [6.45, 7) is 9.12. The number of anilines is 2. The Hall–Kier alpha value is -2.78. The Morgan fingerprint density at radius 3 is 2.90 bits per heavy atom. The number of fused-ring (bicyclic) bond motifs is 2. The van der Waals surface area contributed by atoms with E-state index in [-0.39, 0.29) is 0 Å². The summed E-state index contributed by atoms with van der Waals surface area (Å²) >= 11 is 1.63. The van der Waals surface area contributed by atoms with Crippen molar-refractivity contribution in [2.45, 2.75) is 36.9 Å². The van der Waals surface area contributed by atoms with E-state index < -0.39 is 0 Å². The molecule has 3 aromatic heterocycles. The lowest BCUT2D eigenvalue weighted by Crippen LogP contribution is -2.37. The molecule has 0 aliphatic carbocycles. The molecule has 9 heteroatoms. The first-order chi connectivity index (χ1) is 15.1. The van der Waals surface area contributed by atoms with E-state index in [0.717, 1.165) is 59.4 Å². The van der Waals surface area contributed by atoms with Crippen LogP contribution >= 0.6 is 11.8 Å². The molecule has 1 aromatic carbocycles. The van der Waals surface area contributed by atoms with Gasteiger partial charge in [-0.1, -0.05) is 13.8 Å². The van der Waals surface area contributed by atoms with Crippen LogP contribution in [-0.2, 0) is 6.54 Å². The van der Waals surface area contributed by atoms with Crippen molar-refractivity contribution in [3.05, 3.63) is 30.8 Å². The van der Waals surface area contributed by atoms with E-state index in [0.29, 0.717) is 17.3 Å². The van der Waals surface area contributed by atoms with Gasteiger partial charge >= 0.3 is 0 Å². The molecule has 0 spiro atoms. The van der Waals surface area contributed by atoms with Crippen LogP contribution in [0, 0.1) is 5.92 Å². The number of hydrogen-bond donors (Lipinski definition) is 2. The fraction of sp³-hybridized carbons (Fsp3) is 0.409. The van der Waals surface area contributed by atoms with Crippen LogP contribution in [0.5, 0.6) is 0 Å². The van der Waals surface area contributed by atoms with Crippen LogP contribution in [0.25, 0.3) is 22.1 Å². The number of nitrogens with one attached hydrogen (secondary N) is 1. The van der Waals surface area contributed by atoms with Crippen molar-refractivity contribution in [1.29, 1.82) is 0 Å². The van der Waals surface area contributed by atoms with Gasteiger partial charge in [0.1, 0.15) is 11.9 Å². The minimum Gasteiger partial charge on any atom is -0.464 e. The first-order valence-corrected chi connectivity index (χ1v) is 11.5. The number of nitrogens with zero attached hydrogens (tertiary/aromatic N) is 5. The van der Waals surface area contributed by atoms with Gasteiger partial charge in [0.05, 0.1) is 12.0 Å². The molecule has 31 heavy (non-hydrogen) atoms. The number of imidazole rings is 1. The van der Waals surface area contributed by atoms with Crippen molar-refractivity contribution < 1.29 is 4.42 Å². The summed E-state index contributed by atoms with van der Waals surface area (Å²) < 4.78 is 7.82. The van der Waals surface area contributed by atoms with Gasteiger partial charge in [-0.3, -0.25) is 0 Å². The zero-order chi connectivity index (χ0) is 21.4. The van der Waals surface area contributed by atoms with Crippen molar-refractivity contribution in [2.75, 3.05) is 36.8 Å². The van der Waals surface area contributed by atoms with Gasteiger partial charge in [0.15, 0.2) is 22.1 Å². The van der Waals surface area contributed by atoms with Gasteiger partial charge in [-0.2, -0.15) is 0 Å². The molecule has 5 rings (SSSR count). The lowest BCUT2D eigenvalue weighted by atomic mass is 10.1. The summed E-state index contributed by atoms with van der Waals surface area (Å²) in [5.41, 5.74) is 9.65. The van der Waals surface area contributed by atoms with Crippen LogP contribution in [0.1, 0.15) is 20.3 Å². The monoisotopic (exact) mass is 437 g/mol. The van der Waals surface area contributed by atoms with E-state index >= 15 is 0 Å². The van der Waals surface area contributed by atoms with Crippen molar-refractivity contribution >= 4 is 45.4 Å². The molecule has 1 fully saturated rings. The van der Waals surface area contributed by atoms with Crippen molar-refractivity contribution in [3.8, 4) is 0 Å². The van der Waals surface area contributed by atoms with Gasteiger partial charge < -0.3 is 24.9 Å². The molecule has 1 saturated heterocycles. The van der Waals surface area contributed by atoms with E-state index in [1.165, 1.54) is 18.4 Å². The smallest absolute Gasteiger partial charge is 0.175 e. The number of hydrogen-bond acceptors (Lipinski definition) is 8. The molecule has 3 N–H and O–H groups in total. The van der Waals surface area contributed by atoms with E-state index in [4.69, 9.17) is 15.1 Å². The number of furan rings is 1. The third kappa shape index (κ3) is 3.95. The molecule has 0 bridgehead atoms. The van der Waals surface area contributed by atoms with Gasteiger partial charge in [-0.25, -0.2) is 15.0 Å². The van der Waals surface area contributed by atoms with Crippen molar-refractivity contribution in [3.63, 3.8) is 0 Å². The first kappa shape index (κ1) is 20.1. The minimum atomic E-state index is 0.408. The number of benzene rings is 1. The molecule has 8 nitrogen and oxygen atoms in total. The quantitative estimate of drug-likeness (QED) is 0.402. The Bertz CT molecular complexity index is 1210. The van der Waals surface area contributed by atoms with Crippen LogP contribution in [0.15, 0.2) is 45.3 Å². The SMILES string of the molecule is CC(C)CNCCn1c(Sc2cc3occc3cc2N2CCC2)nc2c(N)ncnc21. The molecule has 162 valence electrons. The topological polar surface area (TPSA) is 98.0 Å². The van der Waals surface area contributed by atoms with E-state index in [9.17, 15) is 0 Å². The highest BCUT2D eigenvalue weighted by atomic mass is 32.2. The molecule has 4 heterocycles. The Morgan fingerprint density at radius 1 is 1.26 bits per heavy atom. The summed E-state index contributed by atoms with van der Waals surface area (Å²) in [6.07, 6.45) is 4.47. The maximum atomic E-state index is 6.12. The summed E-state index contributed by atoms with van der Waals surface area (Å²) in [7, 11) is 0. The zero-order valence-corrected chi connectivity index (χ0v) is 18.7. The van der Waals surface area contributed by atoms with Gasteiger partial charge in [0, 0.05) is 36.5 Å². The van der Waals surface area contributed by atoms with Crippen LogP contribution in [-0.4, -0.2) is 45.7 Å². The average molecular weight is 438 g/mol. The highest BCUT2D eigenvalue weighted by Crippen LogP contribution is 2.40. The number of aromatic nitrogens is 4. The Balaban J connectivity index is 1.52. The molecule has 1 aliphatic rings. The van der Waals surface area contributed by atoms with E-state index in [1.807, 2.05) is 6.07 Å². The van der Waals surface area contributed by atoms with Crippen LogP contribution in [0.3, 0.4) is 0 Å². The lowest BCUT2D eigenvalue weighted by Gasteiger charge is -2.34. The lowest BCUT2D eigenvalue weighted by molar-refractivity contribution is 0.516. The summed E-state index contributed by atoms with van der Waals surface area (Å²) in [4.78, 5) is 17.0. The maximum Gasteiger partial charge on any atom is 0.175 e. The fourth-order valence-corrected chi connectivity index (χ4v) is 4.84. The fourth-order valence-electron chi connectivity index (χ4n) is 3.76. The molecule has 1 aliphatic heterocycles. The maximum absolute atomic E-state index is 6.12. The Morgan fingerprint density at radius 2 is 2.13 bits per heavy atom. The van der Waals surface area contributed by atoms with Crippen LogP contribution < -0.4 is 16.0 Å². The second-order valence-electron chi connectivity index (χ2n) is 8.30. The predicted molar refractivity (Wildman–Crippen MR) is 125 cm³/mol. The second kappa shape index (κ2) is 8.39. The standard InChI is InChI=1S/C22H27N7OS/c1-14(2)12-24-5-8-29-21-19(20(23)25-13-26-21)27-22(29)31-18-11-17-15(4-9-30-17)10-16(18)28-6-3-7-28/h4,9-11,13-14,24H,3,5-8,12H2,1-2H3,(H2,23,25,26). The molecule has 4 aromatic rings. The first-order valence-electron chi connectivity index (χ1n) is 10.7. The van der Waals surface area contributed by atoms with E-state index in [2.05, 4.69) is 50.7 Å². The third-order valence-corrected chi connectivity index (χ3v) is 6.56. The third-order valence-electron chi connectivity index (χ3n) is 5.52.